The number of hydrogen-bond donors (Lipinski definition) is 1. The van der Waals surface area contributed by atoms with Gasteiger partial charge in [-0.05, 0) is 76.5 Å². The summed E-state index contributed by atoms with van der Waals surface area (Å²) < 4.78 is 15.8. The molecule has 0 radical (unpaired) electrons. The third-order valence-corrected chi connectivity index (χ3v) is 13.1. The van der Waals surface area contributed by atoms with Crippen molar-refractivity contribution in [2.75, 3.05) is 0 Å². The van der Waals surface area contributed by atoms with Gasteiger partial charge in [-0.15, -0.1) is 0 Å². The normalized spacial score (nSPS) is 16.9. The average Bonchev–Trinajstić information content (AvgIpc) is 3.98. The first-order valence-corrected chi connectivity index (χ1v) is 21.5. The number of furan rings is 2. The molecule has 0 aliphatic carbocycles. The Hall–Kier alpha value is -7.89. The smallest absolute Gasteiger partial charge is 0.145 e. The van der Waals surface area contributed by atoms with Gasteiger partial charge in [0.1, 0.15) is 28.5 Å². The fourth-order valence-electron chi connectivity index (χ4n) is 10.1. The SMILES string of the molecule is CC1C/C=C(\c2cc3oc4ccccc4c3cc2-n2c3ccccc3c3cc4ccccc4cc32)NC(c2cccc3ccccc23)N=C1c1cccc2c1oc1ccccc12. The van der Waals surface area contributed by atoms with E-state index < -0.39 is 6.17 Å². The van der Waals surface area contributed by atoms with Crippen molar-refractivity contribution in [1.82, 2.24) is 9.88 Å². The molecule has 0 fully saturated rings. The van der Waals surface area contributed by atoms with E-state index in [2.05, 4.69) is 187 Å². The molecule has 0 saturated heterocycles. The van der Waals surface area contributed by atoms with E-state index in [-0.39, 0.29) is 5.92 Å². The van der Waals surface area contributed by atoms with E-state index in [0.29, 0.717) is 0 Å². The van der Waals surface area contributed by atoms with Crippen LogP contribution in [0.5, 0.6) is 0 Å². The van der Waals surface area contributed by atoms with Crippen molar-refractivity contribution >= 4 is 98.6 Å². The first-order valence-electron chi connectivity index (χ1n) is 21.5. The summed E-state index contributed by atoms with van der Waals surface area (Å²) in [6, 6.07) is 65.0. The molecule has 13 rings (SSSR count). The Morgan fingerprint density at radius 1 is 0.500 bits per heavy atom. The molecule has 294 valence electrons. The predicted molar refractivity (Wildman–Crippen MR) is 257 cm³/mol. The molecule has 2 unspecified atom stereocenters. The number of para-hydroxylation sites is 4. The number of aromatic nitrogens is 1. The highest BCUT2D eigenvalue weighted by molar-refractivity contribution is 6.17. The highest BCUT2D eigenvalue weighted by Gasteiger charge is 2.27. The standard InChI is InChI=1S/C57H39N3O2/c1-34-28-29-48(58-57(43-23-12-17-35-14-4-5-18-38(35)43)59-55(34)44-24-13-22-42-40-20-7-11-27-53(40)62-56(42)44)47-33-54-46(41-21-8-10-26-52(41)61-54)32-51(47)60-49-25-9-6-19-39(49)45-30-36-15-2-3-16-37(36)31-50(45)60/h2-27,29-34,57-58H,28H2,1H3/b48-29+,59-55?. The molecule has 12 aromatic rings. The molecule has 5 heteroatoms. The van der Waals surface area contributed by atoms with Crippen LogP contribution in [0, 0.1) is 5.92 Å². The number of benzene rings is 9. The van der Waals surface area contributed by atoms with Crippen molar-refractivity contribution in [1.29, 1.82) is 0 Å². The van der Waals surface area contributed by atoms with Crippen LogP contribution in [0.15, 0.2) is 202 Å². The largest absolute Gasteiger partial charge is 0.456 e. The molecule has 62 heavy (non-hydrogen) atoms. The number of allylic oxidation sites excluding steroid dienone is 1. The maximum absolute atomic E-state index is 6.67. The zero-order valence-corrected chi connectivity index (χ0v) is 34.0. The lowest BCUT2D eigenvalue weighted by molar-refractivity contribution is 0.641. The maximum atomic E-state index is 6.67. The number of hydrogen-bond acceptors (Lipinski definition) is 4. The number of aliphatic imine (C=N–C) groups is 1. The molecule has 2 atom stereocenters. The van der Waals surface area contributed by atoms with Gasteiger partial charge >= 0.3 is 0 Å². The van der Waals surface area contributed by atoms with Crippen molar-refractivity contribution in [2.24, 2.45) is 10.9 Å². The van der Waals surface area contributed by atoms with Crippen molar-refractivity contribution < 1.29 is 8.83 Å². The van der Waals surface area contributed by atoms with Crippen molar-refractivity contribution in [3.8, 4) is 5.69 Å². The highest BCUT2D eigenvalue weighted by Crippen LogP contribution is 2.42. The lowest BCUT2D eigenvalue weighted by Crippen LogP contribution is -2.26. The van der Waals surface area contributed by atoms with Crippen LogP contribution < -0.4 is 5.32 Å². The summed E-state index contributed by atoms with van der Waals surface area (Å²) in [4.78, 5) is 5.80. The van der Waals surface area contributed by atoms with Crippen LogP contribution in [-0.4, -0.2) is 10.3 Å². The molecule has 0 amide bonds. The first kappa shape index (κ1) is 34.9. The summed E-state index contributed by atoms with van der Waals surface area (Å²) in [5.41, 5.74) is 12.0. The first-order chi connectivity index (χ1) is 30.6. The molecule has 1 aliphatic rings. The van der Waals surface area contributed by atoms with Crippen molar-refractivity contribution in [3.63, 3.8) is 0 Å². The Balaban J connectivity index is 1.08. The minimum atomic E-state index is -0.439. The Morgan fingerprint density at radius 2 is 1.15 bits per heavy atom. The highest BCUT2D eigenvalue weighted by atomic mass is 16.3. The zero-order chi connectivity index (χ0) is 40.9. The fraction of sp³-hybridized carbons (Fsp3) is 0.0702. The predicted octanol–water partition coefficient (Wildman–Crippen LogP) is 15.0. The van der Waals surface area contributed by atoms with Gasteiger partial charge in [-0.3, -0.25) is 4.99 Å². The summed E-state index contributed by atoms with van der Waals surface area (Å²) in [6.45, 7) is 2.29. The summed E-state index contributed by atoms with van der Waals surface area (Å²) in [5.74, 6) is 0.0568. The van der Waals surface area contributed by atoms with Gasteiger partial charge in [-0.25, -0.2) is 0 Å². The second-order valence-corrected chi connectivity index (χ2v) is 16.7. The van der Waals surface area contributed by atoms with Gasteiger partial charge in [0.2, 0.25) is 0 Å². The maximum Gasteiger partial charge on any atom is 0.145 e. The van der Waals surface area contributed by atoms with Crippen molar-refractivity contribution in [3.05, 3.63) is 205 Å². The average molecular weight is 798 g/mol. The van der Waals surface area contributed by atoms with Gasteiger partial charge < -0.3 is 18.7 Å². The molecule has 0 spiro atoms. The van der Waals surface area contributed by atoms with Crippen LogP contribution in [-0.2, 0) is 0 Å². The number of rotatable bonds is 4. The fourth-order valence-corrected chi connectivity index (χ4v) is 10.1. The van der Waals surface area contributed by atoms with E-state index >= 15 is 0 Å². The van der Waals surface area contributed by atoms with Crippen LogP contribution in [0.2, 0.25) is 0 Å². The Labute approximate surface area is 356 Å². The number of nitrogens with zero attached hydrogens (tertiary/aromatic N) is 2. The summed E-state index contributed by atoms with van der Waals surface area (Å²) in [6.07, 6.45) is 2.69. The van der Waals surface area contributed by atoms with Gasteiger partial charge in [0, 0.05) is 60.6 Å². The third-order valence-electron chi connectivity index (χ3n) is 13.1. The number of fused-ring (bicyclic) bond motifs is 11. The van der Waals surface area contributed by atoms with E-state index in [1.165, 1.54) is 26.9 Å². The topological polar surface area (TPSA) is 55.6 Å². The second kappa shape index (κ2) is 13.6. The quantitative estimate of drug-likeness (QED) is 0.193. The van der Waals surface area contributed by atoms with Gasteiger partial charge in [0.05, 0.1) is 22.4 Å². The minimum absolute atomic E-state index is 0.0568. The molecular weight excluding hydrogens is 759 g/mol. The molecule has 0 saturated carbocycles. The Kier molecular flexibility index (Phi) is 7.64. The number of nitrogens with one attached hydrogen (secondary N) is 1. The van der Waals surface area contributed by atoms with Gasteiger partial charge in [-0.2, -0.15) is 0 Å². The molecule has 4 heterocycles. The summed E-state index contributed by atoms with van der Waals surface area (Å²) in [7, 11) is 0. The lowest BCUT2D eigenvalue weighted by atomic mass is 9.91. The van der Waals surface area contributed by atoms with Gasteiger partial charge in [-0.1, -0.05) is 146 Å². The molecule has 5 nitrogen and oxygen atoms in total. The van der Waals surface area contributed by atoms with Crippen LogP contribution in [0.25, 0.3) is 98.6 Å². The van der Waals surface area contributed by atoms with E-state index in [1.807, 2.05) is 18.2 Å². The van der Waals surface area contributed by atoms with Crippen molar-refractivity contribution in [2.45, 2.75) is 19.5 Å². The van der Waals surface area contributed by atoms with Crippen LogP contribution in [0.4, 0.5) is 0 Å². The van der Waals surface area contributed by atoms with Crippen LogP contribution >= 0.6 is 0 Å². The third kappa shape index (κ3) is 5.31. The van der Waals surface area contributed by atoms with Crippen LogP contribution in [0.3, 0.4) is 0 Å². The van der Waals surface area contributed by atoms with E-state index in [4.69, 9.17) is 13.8 Å². The van der Waals surface area contributed by atoms with E-state index in [9.17, 15) is 0 Å². The summed E-state index contributed by atoms with van der Waals surface area (Å²) >= 11 is 0. The second-order valence-electron chi connectivity index (χ2n) is 16.7. The zero-order valence-electron chi connectivity index (χ0n) is 34.0. The monoisotopic (exact) mass is 797 g/mol. The minimum Gasteiger partial charge on any atom is -0.456 e. The molecule has 3 aromatic heterocycles. The van der Waals surface area contributed by atoms with Crippen LogP contribution in [0.1, 0.15) is 36.2 Å². The lowest BCUT2D eigenvalue weighted by Gasteiger charge is -2.28. The summed E-state index contributed by atoms with van der Waals surface area (Å²) in [5, 5.41) is 15.7. The Morgan fingerprint density at radius 3 is 1.98 bits per heavy atom. The Bertz CT molecular complexity index is 3850. The van der Waals surface area contributed by atoms with E-state index in [0.717, 1.165) is 101 Å². The molecular formula is C57H39N3O2. The molecule has 0 bridgehead atoms. The van der Waals surface area contributed by atoms with E-state index in [1.54, 1.807) is 0 Å². The van der Waals surface area contributed by atoms with Gasteiger partial charge in [0.15, 0.2) is 0 Å². The molecule has 1 aliphatic heterocycles. The molecule has 1 N–H and O–H groups in total. The molecule has 9 aromatic carbocycles. The van der Waals surface area contributed by atoms with Gasteiger partial charge in [0.25, 0.3) is 0 Å².